The van der Waals surface area contributed by atoms with Crippen molar-refractivity contribution in [3.63, 3.8) is 0 Å². The Morgan fingerprint density at radius 2 is 1.87 bits per heavy atom. The maximum atomic E-state index is 9.93. The molecule has 0 saturated heterocycles. The zero-order valence-electron chi connectivity index (χ0n) is 9.95. The molecule has 1 aliphatic rings. The van der Waals surface area contributed by atoms with Gasteiger partial charge in [-0.1, -0.05) is 26.2 Å². The lowest BCUT2D eigenvalue weighted by atomic mass is 10.00. The van der Waals surface area contributed by atoms with Crippen LogP contribution in [0.3, 0.4) is 0 Å². The van der Waals surface area contributed by atoms with Gasteiger partial charge < -0.3 is 15.5 Å². The Balaban J connectivity index is 2.40. The van der Waals surface area contributed by atoms with E-state index in [4.69, 9.17) is 5.11 Å². The van der Waals surface area contributed by atoms with Gasteiger partial charge in [-0.05, 0) is 25.7 Å². The standard InChI is InChI=1S/C12H25NO2/c1-9(8-14)10(2)13-11-6-4-3-5-7-12(11)15/h9-15H,3-8H2,1-2H3. The van der Waals surface area contributed by atoms with Crippen LogP contribution in [0.4, 0.5) is 0 Å². The fourth-order valence-corrected chi connectivity index (χ4v) is 2.14. The molecule has 3 nitrogen and oxygen atoms in total. The summed E-state index contributed by atoms with van der Waals surface area (Å²) in [7, 11) is 0. The molecular weight excluding hydrogens is 190 g/mol. The Kier molecular flexibility index (Phi) is 5.58. The van der Waals surface area contributed by atoms with E-state index in [1.807, 2.05) is 6.92 Å². The fourth-order valence-electron chi connectivity index (χ4n) is 2.14. The van der Waals surface area contributed by atoms with E-state index >= 15 is 0 Å². The second kappa shape index (κ2) is 6.46. The van der Waals surface area contributed by atoms with Gasteiger partial charge in [0.1, 0.15) is 0 Å². The van der Waals surface area contributed by atoms with E-state index in [1.54, 1.807) is 0 Å². The van der Waals surface area contributed by atoms with Crippen molar-refractivity contribution in [2.24, 2.45) is 5.92 Å². The highest BCUT2D eigenvalue weighted by molar-refractivity contribution is 4.82. The Morgan fingerprint density at radius 1 is 1.20 bits per heavy atom. The Bertz CT molecular complexity index is 175. The lowest BCUT2D eigenvalue weighted by Crippen LogP contribution is -2.46. The van der Waals surface area contributed by atoms with E-state index in [-0.39, 0.29) is 30.7 Å². The first kappa shape index (κ1) is 12.9. The molecule has 4 unspecified atom stereocenters. The number of hydrogen-bond donors (Lipinski definition) is 3. The molecule has 3 heteroatoms. The molecule has 0 aliphatic heterocycles. The molecule has 1 aliphatic carbocycles. The number of aliphatic hydroxyl groups is 2. The first-order chi connectivity index (χ1) is 7.15. The lowest BCUT2D eigenvalue weighted by molar-refractivity contribution is 0.104. The summed E-state index contributed by atoms with van der Waals surface area (Å²) in [5.41, 5.74) is 0. The molecule has 0 aromatic heterocycles. The highest BCUT2D eigenvalue weighted by atomic mass is 16.3. The molecule has 90 valence electrons. The first-order valence-corrected chi connectivity index (χ1v) is 6.20. The summed E-state index contributed by atoms with van der Waals surface area (Å²) >= 11 is 0. The summed E-state index contributed by atoms with van der Waals surface area (Å²) < 4.78 is 0. The highest BCUT2D eigenvalue weighted by Crippen LogP contribution is 2.19. The van der Waals surface area contributed by atoms with Crippen LogP contribution in [0.25, 0.3) is 0 Å². The van der Waals surface area contributed by atoms with Crippen LogP contribution >= 0.6 is 0 Å². The Morgan fingerprint density at radius 3 is 2.53 bits per heavy atom. The van der Waals surface area contributed by atoms with Crippen LogP contribution in [0, 0.1) is 5.92 Å². The predicted octanol–water partition coefficient (Wildman–Crippen LogP) is 1.29. The molecular formula is C12H25NO2. The van der Waals surface area contributed by atoms with Gasteiger partial charge in [-0.25, -0.2) is 0 Å². The fraction of sp³-hybridized carbons (Fsp3) is 1.00. The number of nitrogens with one attached hydrogen (secondary N) is 1. The predicted molar refractivity (Wildman–Crippen MR) is 61.7 cm³/mol. The van der Waals surface area contributed by atoms with Crippen LogP contribution in [0.5, 0.6) is 0 Å². The smallest absolute Gasteiger partial charge is 0.0693 e. The average Bonchev–Trinajstić information content (AvgIpc) is 2.43. The van der Waals surface area contributed by atoms with Crippen LogP contribution in [0.15, 0.2) is 0 Å². The zero-order chi connectivity index (χ0) is 11.3. The zero-order valence-corrected chi connectivity index (χ0v) is 9.95. The van der Waals surface area contributed by atoms with Gasteiger partial charge in [0.05, 0.1) is 6.10 Å². The third-order valence-electron chi connectivity index (χ3n) is 3.60. The van der Waals surface area contributed by atoms with Crippen molar-refractivity contribution in [2.75, 3.05) is 6.61 Å². The quantitative estimate of drug-likeness (QED) is 0.619. The Labute approximate surface area is 92.9 Å². The molecule has 3 N–H and O–H groups in total. The van der Waals surface area contributed by atoms with E-state index < -0.39 is 0 Å². The Hall–Kier alpha value is -0.120. The van der Waals surface area contributed by atoms with E-state index in [2.05, 4.69) is 12.2 Å². The monoisotopic (exact) mass is 215 g/mol. The minimum Gasteiger partial charge on any atom is -0.396 e. The van der Waals surface area contributed by atoms with Crippen molar-refractivity contribution in [3.05, 3.63) is 0 Å². The molecule has 1 saturated carbocycles. The molecule has 1 rings (SSSR count). The summed E-state index contributed by atoms with van der Waals surface area (Å²) in [4.78, 5) is 0. The second-order valence-electron chi connectivity index (χ2n) is 4.93. The van der Waals surface area contributed by atoms with E-state index in [0.717, 1.165) is 19.3 Å². The van der Waals surface area contributed by atoms with E-state index in [1.165, 1.54) is 12.8 Å². The van der Waals surface area contributed by atoms with Crippen LogP contribution in [-0.4, -0.2) is 35.0 Å². The highest BCUT2D eigenvalue weighted by Gasteiger charge is 2.24. The molecule has 1 fully saturated rings. The van der Waals surface area contributed by atoms with Gasteiger partial charge in [-0.15, -0.1) is 0 Å². The van der Waals surface area contributed by atoms with E-state index in [0.29, 0.717) is 0 Å². The molecule has 0 aromatic rings. The summed E-state index contributed by atoms with van der Waals surface area (Å²) in [6.07, 6.45) is 5.35. The van der Waals surface area contributed by atoms with Crippen molar-refractivity contribution >= 4 is 0 Å². The topological polar surface area (TPSA) is 52.5 Å². The van der Waals surface area contributed by atoms with Crippen molar-refractivity contribution in [1.29, 1.82) is 0 Å². The molecule has 0 bridgehead atoms. The van der Waals surface area contributed by atoms with Crippen LogP contribution in [-0.2, 0) is 0 Å². The molecule has 0 spiro atoms. The van der Waals surface area contributed by atoms with Crippen molar-refractivity contribution in [2.45, 2.75) is 64.1 Å². The molecule has 0 amide bonds. The van der Waals surface area contributed by atoms with Crippen LogP contribution < -0.4 is 5.32 Å². The first-order valence-electron chi connectivity index (χ1n) is 6.20. The molecule has 4 atom stereocenters. The summed E-state index contributed by atoms with van der Waals surface area (Å²) in [6.45, 7) is 4.32. The summed E-state index contributed by atoms with van der Waals surface area (Å²) in [6, 6.07) is 0.490. The third kappa shape index (κ3) is 4.09. The van der Waals surface area contributed by atoms with E-state index in [9.17, 15) is 5.11 Å². The van der Waals surface area contributed by atoms with Gasteiger partial charge in [0.15, 0.2) is 0 Å². The van der Waals surface area contributed by atoms with Gasteiger partial charge in [0.2, 0.25) is 0 Å². The number of rotatable bonds is 4. The normalized spacial score (nSPS) is 32.0. The van der Waals surface area contributed by atoms with Gasteiger partial charge in [-0.3, -0.25) is 0 Å². The van der Waals surface area contributed by atoms with Gasteiger partial charge in [0.25, 0.3) is 0 Å². The van der Waals surface area contributed by atoms with Crippen LogP contribution in [0.2, 0.25) is 0 Å². The van der Waals surface area contributed by atoms with Gasteiger partial charge >= 0.3 is 0 Å². The lowest BCUT2D eigenvalue weighted by Gasteiger charge is -2.28. The maximum absolute atomic E-state index is 9.93. The minimum absolute atomic E-state index is 0.205. The molecule has 15 heavy (non-hydrogen) atoms. The minimum atomic E-state index is -0.208. The number of hydrogen-bond acceptors (Lipinski definition) is 3. The maximum Gasteiger partial charge on any atom is 0.0693 e. The molecule has 0 heterocycles. The second-order valence-corrected chi connectivity index (χ2v) is 4.93. The molecule has 0 radical (unpaired) electrons. The van der Waals surface area contributed by atoms with Gasteiger partial charge in [-0.2, -0.15) is 0 Å². The van der Waals surface area contributed by atoms with Gasteiger partial charge in [0, 0.05) is 18.7 Å². The summed E-state index contributed by atoms with van der Waals surface area (Å²) in [5.74, 6) is 0.250. The number of aliphatic hydroxyl groups excluding tert-OH is 2. The van der Waals surface area contributed by atoms with Crippen LogP contribution in [0.1, 0.15) is 46.0 Å². The SMILES string of the molecule is CC(CO)C(C)NC1CCCCCC1O. The van der Waals surface area contributed by atoms with Crippen molar-refractivity contribution < 1.29 is 10.2 Å². The average molecular weight is 215 g/mol. The third-order valence-corrected chi connectivity index (χ3v) is 3.60. The molecule has 0 aromatic carbocycles. The van der Waals surface area contributed by atoms with Crippen molar-refractivity contribution in [1.82, 2.24) is 5.32 Å². The summed E-state index contributed by atoms with van der Waals surface area (Å²) in [5, 5.41) is 22.4. The van der Waals surface area contributed by atoms with Crippen molar-refractivity contribution in [3.8, 4) is 0 Å². The largest absolute Gasteiger partial charge is 0.396 e.